The largest absolute Gasteiger partial charge is 0.412 e. The van der Waals surface area contributed by atoms with Crippen LogP contribution in [0.1, 0.15) is 12.8 Å². The quantitative estimate of drug-likeness (QED) is 0.398. The summed E-state index contributed by atoms with van der Waals surface area (Å²) < 4.78 is 4.49. The summed E-state index contributed by atoms with van der Waals surface area (Å²) in [6, 6.07) is -0.171. The van der Waals surface area contributed by atoms with Gasteiger partial charge in [0, 0.05) is 13.1 Å². The number of amides is 1. The van der Waals surface area contributed by atoms with Crippen molar-refractivity contribution >= 4 is 12.1 Å². The second-order valence-electron chi connectivity index (χ2n) is 3.42. The fourth-order valence-electron chi connectivity index (χ4n) is 1.60. The van der Waals surface area contributed by atoms with Gasteiger partial charge in [0.15, 0.2) is 0 Å². The Morgan fingerprint density at radius 1 is 1.64 bits per heavy atom. The van der Waals surface area contributed by atoms with Gasteiger partial charge in [0.25, 0.3) is 6.02 Å². The van der Waals surface area contributed by atoms with Gasteiger partial charge in [0.2, 0.25) is 0 Å². The zero-order valence-electron chi connectivity index (χ0n) is 8.03. The van der Waals surface area contributed by atoms with Crippen molar-refractivity contribution in [1.82, 2.24) is 4.90 Å². The number of nitrogens with one attached hydrogen (secondary N) is 1. The number of hydrogen-bond donors (Lipinski definition) is 3. The third-order valence-electron chi connectivity index (χ3n) is 2.34. The second-order valence-corrected chi connectivity index (χ2v) is 3.42. The highest BCUT2D eigenvalue weighted by molar-refractivity contribution is 5.83. The minimum absolute atomic E-state index is 0.171. The van der Waals surface area contributed by atoms with Crippen molar-refractivity contribution in [1.29, 1.82) is 5.41 Å². The van der Waals surface area contributed by atoms with Gasteiger partial charge >= 0.3 is 6.09 Å². The van der Waals surface area contributed by atoms with E-state index in [9.17, 15) is 4.79 Å². The van der Waals surface area contributed by atoms with Crippen molar-refractivity contribution in [2.24, 2.45) is 17.4 Å². The lowest BCUT2D eigenvalue weighted by atomic mass is 9.99. The van der Waals surface area contributed by atoms with Crippen LogP contribution in [0.2, 0.25) is 0 Å². The van der Waals surface area contributed by atoms with Gasteiger partial charge in [-0.25, -0.2) is 4.79 Å². The zero-order valence-corrected chi connectivity index (χ0v) is 8.03. The summed E-state index contributed by atoms with van der Waals surface area (Å²) in [6.45, 7) is 1.99. The summed E-state index contributed by atoms with van der Waals surface area (Å²) in [5.74, 6) is 0.376. The number of carbonyl (C=O) groups is 1. The number of nitrogens with zero attached hydrogens (tertiary/aromatic N) is 1. The molecule has 0 bridgehead atoms. The third kappa shape index (κ3) is 2.88. The van der Waals surface area contributed by atoms with Crippen LogP contribution in [0, 0.1) is 11.3 Å². The fourth-order valence-corrected chi connectivity index (χ4v) is 1.60. The first-order chi connectivity index (χ1) is 6.63. The van der Waals surface area contributed by atoms with Crippen LogP contribution in [0.15, 0.2) is 0 Å². The molecule has 6 nitrogen and oxygen atoms in total. The lowest BCUT2D eigenvalue weighted by molar-refractivity contribution is 0.178. The second kappa shape index (κ2) is 4.80. The Morgan fingerprint density at radius 2 is 2.36 bits per heavy atom. The molecule has 0 aliphatic carbocycles. The van der Waals surface area contributed by atoms with E-state index < -0.39 is 6.09 Å². The average Bonchev–Trinajstić information content (AvgIpc) is 2.17. The van der Waals surface area contributed by atoms with Crippen molar-refractivity contribution in [3.63, 3.8) is 0 Å². The van der Waals surface area contributed by atoms with Crippen LogP contribution in [-0.2, 0) is 4.74 Å². The van der Waals surface area contributed by atoms with Crippen molar-refractivity contribution in [2.45, 2.75) is 12.8 Å². The summed E-state index contributed by atoms with van der Waals surface area (Å²) in [4.78, 5) is 12.1. The molecule has 14 heavy (non-hydrogen) atoms. The number of ether oxygens (including phenoxy) is 1. The predicted molar refractivity (Wildman–Crippen MR) is 51.7 cm³/mol. The summed E-state index contributed by atoms with van der Waals surface area (Å²) in [5, 5.41) is 7.44. The first kappa shape index (κ1) is 10.8. The van der Waals surface area contributed by atoms with Gasteiger partial charge in [0.05, 0.1) is 0 Å². The van der Waals surface area contributed by atoms with Gasteiger partial charge in [-0.1, -0.05) is 0 Å². The maximum atomic E-state index is 10.4. The van der Waals surface area contributed by atoms with Crippen LogP contribution < -0.4 is 11.5 Å². The van der Waals surface area contributed by atoms with E-state index in [2.05, 4.69) is 4.74 Å². The Labute approximate surface area is 82.7 Å². The molecule has 0 aromatic carbocycles. The highest BCUT2D eigenvalue weighted by Gasteiger charge is 2.22. The number of carbonyl (C=O) groups excluding carboxylic acids is 1. The lowest BCUT2D eigenvalue weighted by Gasteiger charge is -2.32. The van der Waals surface area contributed by atoms with E-state index in [1.807, 2.05) is 0 Å². The molecule has 5 N–H and O–H groups in total. The summed E-state index contributed by atoms with van der Waals surface area (Å²) in [6.07, 6.45) is 1.09. The number of primary amides is 1. The van der Waals surface area contributed by atoms with Gasteiger partial charge in [-0.3, -0.25) is 5.41 Å². The van der Waals surface area contributed by atoms with E-state index in [-0.39, 0.29) is 6.02 Å². The molecule has 1 fully saturated rings. The SMILES string of the molecule is N=C(OC(N)=O)N1CCC[C@@H](CN)C1. The Kier molecular flexibility index (Phi) is 3.70. The molecule has 0 spiro atoms. The number of amidine groups is 1. The van der Waals surface area contributed by atoms with Crippen molar-refractivity contribution in [2.75, 3.05) is 19.6 Å². The Bertz CT molecular complexity index is 231. The molecule has 0 unspecified atom stereocenters. The minimum Gasteiger partial charge on any atom is -0.376 e. The third-order valence-corrected chi connectivity index (χ3v) is 2.34. The predicted octanol–water partition coefficient (Wildman–Crippen LogP) is -0.313. The Morgan fingerprint density at radius 3 is 2.93 bits per heavy atom. The summed E-state index contributed by atoms with van der Waals surface area (Å²) in [7, 11) is 0. The zero-order chi connectivity index (χ0) is 10.6. The standard InChI is InChI=1S/C8H16N4O2/c9-4-6-2-1-3-12(5-6)7(10)14-8(11)13/h6,10H,1-5,9H2,(H2,11,13)/t6-/m0/s1. The molecule has 1 aliphatic rings. The topological polar surface area (TPSA) is 105 Å². The molecule has 1 aliphatic heterocycles. The number of piperidine rings is 1. The smallest absolute Gasteiger partial charge is 0.376 e. The monoisotopic (exact) mass is 200 g/mol. The van der Waals surface area contributed by atoms with E-state index in [0.717, 1.165) is 19.4 Å². The normalized spacial score (nSPS) is 21.8. The van der Waals surface area contributed by atoms with E-state index in [1.165, 1.54) is 0 Å². The molecule has 0 aromatic rings. The van der Waals surface area contributed by atoms with Crippen molar-refractivity contribution < 1.29 is 9.53 Å². The fraction of sp³-hybridized carbons (Fsp3) is 0.750. The van der Waals surface area contributed by atoms with Crippen LogP contribution in [0.5, 0.6) is 0 Å². The molecule has 80 valence electrons. The molecule has 0 saturated carbocycles. The number of nitrogens with two attached hydrogens (primary N) is 2. The maximum absolute atomic E-state index is 10.4. The van der Waals surface area contributed by atoms with Gasteiger partial charge in [-0.05, 0) is 25.3 Å². The van der Waals surface area contributed by atoms with Crippen molar-refractivity contribution in [3.05, 3.63) is 0 Å². The Balaban J connectivity index is 2.43. The highest BCUT2D eigenvalue weighted by Crippen LogP contribution is 2.15. The molecule has 1 atom stereocenters. The number of hydrogen-bond acceptors (Lipinski definition) is 4. The Hall–Kier alpha value is -1.30. The van der Waals surface area contributed by atoms with Gasteiger partial charge in [-0.15, -0.1) is 0 Å². The first-order valence-corrected chi connectivity index (χ1v) is 4.64. The van der Waals surface area contributed by atoms with E-state index in [4.69, 9.17) is 16.9 Å². The molecule has 1 rings (SSSR count). The van der Waals surface area contributed by atoms with Crippen LogP contribution in [0.4, 0.5) is 4.79 Å². The highest BCUT2D eigenvalue weighted by atomic mass is 16.6. The average molecular weight is 200 g/mol. The van der Waals surface area contributed by atoms with E-state index >= 15 is 0 Å². The van der Waals surface area contributed by atoms with E-state index in [0.29, 0.717) is 19.0 Å². The maximum Gasteiger partial charge on any atom is 0.412 e. The van der Waals surface area contributed by atoms with Gasteiger partial charge < -0.3 is 21.1 Å². The molecule has 6 heteroatoms. The van der Waals surface area contributed by atoms with Crippen LogP contribution in [-0.4, -0.2) is 36.6 Å². The van der Waals surface area contributed by atoms with E-state index in [1.54, 1.807) is 4.90 Å². The number of rotatable bonds is 1. The van der Waals surface area contributed by atoms with Gasteiger partial charge in [-0.2, -0.15) is 0 Å². The lowest BCUT2D eigenvalue weighted by Crippen LogP contribution is -2.43. The van der Waals surface area contributed by atoms with Crippen molar-refractivity contribution in [3.8, 4) is 0 Å². The molecule has 0 aromatic heterocycles. The first-order valence-electron chi connectivity index (χ1n) is 4.64. The van der Waals surface area contributed by atoms with Crippen LogP contribution in [0.3, 0.4) is 0 Å². The summed E-state index contributed by atoms with van der Waals surface area (Å²) >= 11 is 0. The molecule has 1 amide bonds. The molecule has 0 radical (unpaired) electrons. The minimum atomic E-state index is -0.940. The molecular formula is C8H16N4O2. The molecular weight excluding hydrogens is 184 g/mol. The number of likely N-dealkylation sites (tertiary alicyclic amines) is 1. The van der Waals surface area contributed by atoms with Gasteiger partial charge in [0.1, 0.15) is 0 Å². The molecule has 1 heterocycles. The molecule has 1 saturated heterocycles. The summed E-state index contributed by atoms with van der Waals surface area (Å²) in [5.41, 5.74) is 10.4. The van der Waals surface area contributed by atoms with Crippen LogP contribution in [0.25, 0.3) is 0 Å². The van der Waals surface area contributed by atoms with Crippen LogP contribution >= 0.6 is 0 Å².